The number of imidazole rings is 1. The van der Waals surface area contributed by atoms with Crippen LogP contribution in [0.1, 0.15) is 24.4 Å². The number of aromatic nitrogens is 2. The van der Waals surface area contributed by atoms with Gasteiger partial charge >= 0.3 is 0 Å². The Kier molecular flexibility index (Phi) is 2.56. The molecule has 0 saturated carbocycles. The fourth-order valence-corrected chi connectivity index (χ4v) is 1.69. The molecule has 1 atom stereocenters. The van der Waals surface area contributed by atoms with E-state index in [1.807, 2.05) is 42.0 Å². The van der Waals surface area contributed by atoms with Crippen molar-refractivity contribution in [2.75, 3.05) is 0 Å². The summed E-state index contributed by atoms with van der Waals surface area (Å²) >= 11 is 0. The van der Waals surface area contributed by atoms with Gasteiger partial charge in [-0.2, -0.15) is 0 Å². The van der Waals surface area contributed by atoms with E-state index in [1.54, 1.807) is 13.1 Å². The summed E-state index contributed by atoms with van der Waals surface area (Å²) in [6, 6.07) is 7.80. The van der Waals surface area contributed by atoms with Crippen molar-refractivity contribution in [1.29, 1.82) is 0 Å². The minimum absolute atomic E-state index is 0.469. The first kappa shape index (κ1) is 9.93. The Labute approximate surface area is 89.0 Å². The van der Waals surface area contributed by atoms with Gasteiger partial charge < -0.3 is 9.67 Å². The predicted octanol–water partition coefficient (Wildman–Crippen LogP) is 2.23. The summed E-state index contributed by atoms with van der Waals surface area (Å²) in [4.78, 5) is 4.17. The Morgan fingerprint density at radius 2 is 2.07 bits per heavy atom. The number of para-hydroxylation sites is 1. The zero-order valence-electron chi connectivity index (χ0n) is 8.88. The van der Waals surface area contributed by atoms with E-state index in [9.17, 15) is 5.11 Å². The van der Waals surface area contributed by atoms with Gasteiger partial charge in [0.1, 0.15) is 5.82 Å². The lowest BCUT2D eigenvalue weighted by atomic mass is 10.1. The van der Waals surface area contributed by atoms with Crippen molar-refractivity contribution in [2.24, 2.45) is 0 Å². The van der Waals surface area contributed by atoms with Gasteiger partial charge in [0.15, 0.2) is 0 Å². The molecule has 2 aromatic rings. The van der Waals surface area contributed by atoms with Crippen LogP contribution < -0.4 is 0 Å². The van der Waals surface area contributed by atoms with E-state index in [1.165, 1.54) is 0 Å². The van der Waals surface area contributed by atoms with Crippen molar-refractivity contribution < 1.29 is 5.11 Å². The summed E-state index contributed by atoms with van der Waals surface area (Å²) in [5.74, 6) is 0.920. The normalized spacial score (nSPS) is 12.7. The Hall–Kier alpha value is -1.61. The van der Waals surface area contributed by atoms with Crippen molar-refractivity contribution in [3.63, 3.8) is 0 Å². The molecular weight excluding hydrogens is 188 g/mol. The number of aliphatic hydroxyl groups is 1. The highest BCUT2D eigenvalue weighted by molar-refractivity contribution is 5.43. The molecule has 0 radical (unpaired) electrons. The monoisotopic (exact) mass is 202 g/mol. The van der Waals surface area contributed by atoms with Gasteiger partial charge in [-0.3, -0.25) is 0 Å². The summed E-state index contributed by atoms with van der Waals surface area (Å²) in [5.41, 5.74) is 1.90. The van der Waals surface area contributed by atoms with E-state index in [2.05, 4.69) is 4.98 Å². The molecule has 1 unspecified atom stereocenters. The SMILES string of the molecule is Cc1nccn1-c1ccccc1C(C)O. The lowest BCUT2D eigenvalue weighted by molar-refractivity contribution is 0.199. The molecule has 0 saturated heterocycles. The molecule has 78 valence electrons. The van der Waals surface area contributed by atoms with Gasteiger partial charge in [-0.05, 0) is 19.9 Å². The van der Waals surface area contributed by atoms with E-state index in [0.717, 1.165) is 17.1 Å². The van der Waals surface area contributed by atoms with Crippen LogP contribution in [-0.4, -0.2) is 14.7 Å². The summed E-state index contributed by atoms with van der Waals surface area (Å²) in [6.45, 7) is 3.71. The molecule has 1 heterocycles. The molecule has 15 heavy (non-hydrogen) atoms. The first-order valence-electron chi connectivity index (χ1n) is 4.97. The first-order chi connectivity index (χ1) is 7.20. The third-order valence-electron chi connectivity index (χ3n) is 2.47. The molecule has 1 aromatic heterocycles. The highest BCUT2D eigenvalue weighted by Crippen LogP contribution is 2.21. The number of aliphatic hydroxyl groups excluding tert-OH is 1. The second-order valence-corrected chi connectivity index (χ2v) is 3.58. The van der Waals surface area contributed by atoms with Crippen molar-refractivity contribution in [3.05, 3.63) is 48.0 Å². The molecule has 3 nitrogen and oxygen atoms in total. The van der Waals surface area contributed by atoms with Crippen molar-refractivity contribution in [3.8, 4) is 5.69 Å². The van der Waals surface area contributed by atoms with Gasteiger partial charge in [0.05, 0.1) is 11.8 Å². The van der Waals surface area contributed by atoms with E-state index < -0.39 is 6.10 Å². The smallest absolute Gasteiger partial charge is 0.110 e. The Morgan fingerprint density at radius 1 is 1.33 bits per heavy atom. The maximum Gasteiger partial charge on any atom is 0.110 e. The van der Waals surface area contributed by atoms with E-state index >= 15 is 0 Å². The third-order valence-corrected chi connectivity index (χ3v) is 2.47. The fourth-order valence-electron chi connectivity index (χ4n) is 1.69. The van der Waals surface area contributed by atoms with Crippen LogP contribution in [0.5, 0.6) is 0 Å². The van der Waals surface area contributed by atoms with Crippen LogP contribution in [0.15, 0.2) is 36.7 Å². The quantitative estimate of drug-likeness (QED) is 0.811. The molecule has 2 rings (SSSR count). The van der Waals surface area contributed by atoms with Crippen LogP contribution in [0.4, 0.5) is 0 Å². The van der Waals surface area contributed by atoms with Crippen LogP contribution in [-0.2, 0) is 0 Å². The van der Waals surface area contributed by atoms with Crippen molar-refractivity contribution in [2.45, 2.75) is 20.0 Å². The molecule has 0 bridgehead atoms. The van der Waals surface area contributed by atoms with Gasteiger partial charge in [-0.15, -0.1) is 0 Å². The molecule has 0 fully saturated rings. The molecule has 1 N–H and O–H groups in total. The Balaban J connectivity index is 2.58. The van der Waals surface area contributed by atoms with Crippen LogP contribution in [0.3, 0.4) is 0 Å². The number of hydrogen-bond acceptors (Lipinski definition) is 2. The average molecular weight is 202 g/mol. The van der Waals surface area contributed by atoms with E-state index in [4.69, 9.17) is 0 Å². The van der Waals surface area contributed by atoms with Crippen LogP contribution in [0.25, 0.3) is 5.69 Å². The van der Waals surface area contributed by atoms with Crippen LogP contribution >= 0.6 is 0 Å². The number of benzene rings is 1. The van der Waals surface area contributed by atoms with Gasteiger partial charge in [0.25, 0.3) is 0 Å². The van der Waals surface area contributed by atoms with Gasteiger partial charge in [0, 0.05) is 18.0 Å². The minimum atomic E-state index is -0.469. The van der Waals surface area contributed by atoms with E-state index in [0.29, 0.717) is 0 Å². The maximum atomic E-state index is 9.66. The maximum absolute atomic E-state index is 9.66. The van der Waals surface area contributed by atoms with Gasteiger partial charge in [0.2, 0.25) is 0 Å². The lowest BCUT2D eigenvalue weighted by Crippen LogP contribution is -2.02. The molecule has 1 aromatic carbocycles. The second-order valence-electron chi connectivity index (χ2n) is 3.58. The molecule has 0 aliphatic rings. The van der Waals surface area contributed by atoms with Gasteiger partial charge in [-0.25, -0.2) is 4.98 Å². The zero-order valence-corrected chi connectivity index (χ0v) is 8.88. The summed E-state index contributed by atoms with van der Waals surface area (Å²) < 4.78 is 1.97. The fraction of sp³-hybridized carbons (Fsp3) is 0.250. The minimum Gasteiger partial charge on any atom is -0.389 e. The van der Waals surface area contributed by atoms with E-state index in [-0.39, 0.29) is 0 Å². The Morgan fingerprint density at radius 3 is 2.67 bits per heavy atom. The highest BCUT2D eigenvalue weighted by Gasteiger charge is 2.09. The number of rotatable bonds is 2. The molecule has 0 aliphatic carbocycles. The third kappa shape index (κ3) is 1.78. The summed E-state index contributed by atoms with van der Waals surface area (Å²) in [7, 11) is 0. The summed E-state index contributed by atoms with van der Waals surface area (Å²) in [6.07, 6.45) is 3.19. The lowest BCUT2D eigenvalue weighted by Gasteiger charge is -2.13. The van der Waals surface area contributed by atoms with Crippen molar-refractivity contribution in [1.82, 2.24) is 9.55 Å². The highest BCUT2D eigenvalue weighted by atomic mass is 16.3. The topological polar surface area (TPSA) is 38.0 Å². The van der Waals surface area contributed by atoms with Crippen LogP contribution in [0, 0.1) is 6.92 Å². The zero-order chi connectivity index (χ0) is 10.8. The second kappa shape index (κ2) is 3.87. The van der Waals surface area contributed by atoms with Crippen molar-refractivity contribution >= 4 is 0 Å². The predicted molar refractivity (Wildman–Crippen MR) is 58.9 cm³/mol. The molecule has 0 amide bonds. The van der Waals surface area contributed by atoms with Crippen LogP contribution in [0.2, 0.25) is 0 Å². The van der Waals surface area contributed by atoms with Gasteiger partial charge in [-0.1, -0.05) is 18.2 Å². The first-order valence-corrected chi connectivity index (χ1v) is 4.97. The molecular formula is C12H14N2O. The number of nitrogens with zero attached hydrogens (tertiary/aromatic N) is 2. The molecule has 0 aliphatic heterocycles. The molecule has 3 heteroatoms. The summed E-state index contributed by atoms with van der Waals surface area (Å²) in [5, 5.41) is 9.66. The Bertz CT molecular complexity index is 460. The largest absolute Gasteiger partial charge is 0.389 e. The number of hydrogen-bond donors (Lipinski definition) is 1. The molecule has 0 spiro atoms. The standard InChI is InChI=1S/C12H14N2O/c1-9(15)11-5-3-4-6-12(11)14-8-7-13-10(14)2/h3-9,15H,1-2H3. The average Bonchev–Trinajstić information content (AvgIpc) is 2.64. The number of aryl methyl sites for hydroxylation is 1.